The third-order valence-corrected chi connectivity index (χ3v) is 5.01. The van der Waals surface area contributed by atoms with Crippen LogP contribution in [0.2, 0.25) is 5.02 Å². The summed E-state index contributed by atoms with van der Waals surface area (Å²) in [6.07, 6.45) is 2.04. The summed E-state index contributed by atoms with van der Waals surface area (Å²) in [5.74, 6) is 1.56. The number of amides is 1. The number of piperidine rings is 1. The van der Waals surface area contributed by atoms with Crippen LogP contribution in [0, 0.1) is 5.92 Å². The quantitative estimate of drug-likeness (QED) is 0.918. The van der Waals surface area contributed by atoms with Gasteiger partial charge in [0, 0.05) is 24.2 Å². The SMILES string of the molecule is CC1CCN(C(=O)CN2CCOc3ccc(Cl)cc32)C(CN)C1. The van der Waals surface area contributed by atoms with E-state index in [0.717, 1.165) is 30.8 Å². The van der Waals surface area contributed by atoms with Gasteiger partial charge in [0.25, 0.3) is 0 Å². The molecular formula is C17H24ClN3O2. The van der Waals surface area contributed by atoms with Crippen molar-refractivity contribution in [2.75, 3.05) is 37.7 Å². The number of likely N-dealkylation sites (tertiary alicyclic amines) is 1. The Bertz CT molecular complexity index is 581. The van der Waals surface area contributed by atoms with Crippen LogP contribution in [0.1, 0.15) is 19.8 Å². The highest BCUT2D eigenvalue weighted by atomic mass is 35.5. The molecule has 3 rings (SSSR count). The molecule has 5 nitrogen and oxygen atoms in total. The van der Waals surface area contributed by atoms with Gasteiger partial charge >= 0.3 is 0 Å². The van der Waals surface area contributed by atoms with Gasteiger partial charge in [-0.25, -0.2) is 0 Å². The van der Waals surface area contributed by atoms with Crippen LogP contribution >= 0.6 is 11.6 Å². The smallest absolute Gasteiger partial charge is 0.242 e. The number of rotatable bonds is 3. The molecule has 126 valence electrons. The van der Waals surface area contributed by atoms with Crippen LogP contribution in [-0.2, 0) is 4.79 Å². The van der Waals surface area contributed by atoms with Crippen LogP contribution in [0.4, 0.5) is 5.69 Å². The third-order valence-electron chi connectivity index (χ3n) is 4.78. The Labute approximate surface area is 142 Å². The van der Waals surface area contributed by atoms with Crippen molar-refractivity contribution in [1.82, 2.24) is 4.90 Å². The van der Waals surface area contributed by atoms with E-state index in [1.54, 1.807) is 0 Å². The minimum absolute atomic E-state index is 0.139. The van der Waals surface area contributed by atoms with E-state index >= 15 is 0 Å². The zero-order chi connectivity index (χ0) is 16.4. The van der Waals surface area contributed by atoms with E-state index in [4.69, 9.17) is 22.1 Å². The highest BCUT2D eigenvalue weighted by Gasteiger charge is 2.30. The first-order valence-electron chi connectivity index (χ1n) is 8.25. The fourth-order valence-corrected chi connectivity index (χ4v) is 3.63. The first-order valence-corrected chi connectivity index (χ1v) is 8.63. The highest BCUT2D eigenvalue weighted by molar-refractivity contribution is 6.31. The Morgan fingerprint density at radius 1 is 1.43 bits per heavy atom. The number of hydrogen-bond acceptors (Lipinski definition) is 4. The normalized spacial score (nSPS) is 24.1. The molecule has 23 heavy (non-hydrogen) atoms. The molecule has 0 aliphatic carbocycles. The number of halogens is 1. The van der Waals surface area contributed by atoms with Crippen molar-refractivity contribution in [3.8, 4) is 5.75 Å². The second-order valence-corrected chi connectivity index (χ2v) is 6.92. The maximum Gasteiger partial charge on any atom is 0.242 e. The molecule has 2 unspecified atom stereocenters. The second kappa shape index (κ2) is 6.97. The van der Waals surface area contributed by atoms with E-state index < -0.39 is 0 Å². The van der Waals surface area contributed by atoms with Crippen LogP contribution in [0.5, 0.6) is 5.75 Å². The van der Waals surface area contributed by atoms with E-state index in [9.17, 15) is 4.79 Å². The van der Waals surface area contributed by atoms with Crippen LogP contribution < -0.4 is 15.4 Å². The van der Waals surface area contributed by atoms with Gasteiger partial charge in [-0.05, 0) is 37.0 Å². The number of hydrogen-bond donors (Lipinski definition) is 1. The molecule has 1 aromatic carbocycles. The molecule has 2 heterocycles. The number of nitrogens with two attached hydrogens (primary N) is 1. The Hall–Kier alpha value is -1.46. The summed E-state index contributed by atoms with van der Waals surface area (Å²) in [6, 6.07) is 5.69. The second-order valence-electron chi connectivity index (χ2n) is 6.49. The van der Waals surface area contributed by atoms with E-state index in [0.29, 0.717) is 37.2 Å². The van der Waals surface area contributed by atoms with Gasteiger partial charge in [-0.3, -0.25) is 4.79 Å². The molecule has 1 saturated heterocycles. The van der Waals surface area contributed by atoms with Crippen LogP contribution in [-0.4, -0.2) is 49.6 Å². The van der Waals surface area contributed by atoms with Crippen molar-refractivity contribution in [2.24, 2.45) is 11.7 Å². The minimum atomic E-state index is 0.139. The van der Waals surface area contributed by atoms with Crippen molar-refractivity contribution in [1.29, 1.82) is 0 Å². The van der Waals surface area contributed by atoms with Gasteiger partial charge < -0.3 is 20.3 Å². The molecule has 2 atom stereocenters. The van der Waals surface area contributed by atoms with E-state index in [1.807, 2.05) is 23.1 Å². The summed E-state index contributed by atoms with van der Waals surface area (Å²) in [5, 5.41) is 0.651. The largest absolute Gasteiger partial charge is 0.490 e. The maximum atomic E-state index is 12.8. The Morgan fingerprint density at radius 3 is 3.04 bits per heavy atom. The number of benzene rings is 1. The van der Waals surface area contributed by atoms with Crippen molar-refractivity contribution in [2.45, 2.75) is 25.8 Å². The number of anilines is 1. The van der Waals surface area contributed by atoms with E-state index in [2.05, 4.69) is 11.8 Å². The fraction of sp³-hybridized carbons (Fsp3) is 0.588. The van der Waals surface area contributed by atoms with Gasteiger partial charge in [0.05, 0.1) is 18.8 Å². The van der Waals surface area contributed by atoms with Gasteiger partial charge in [-0.2, -0.15) is 0 Å². The summed E-state index contributed by atoms with van der Waals surface area (Å²) in [5.41, 5.74) is 6.77. The molecule has 1 fully saturated rings. The number of carbonyl (C=O) groups excluding carboxylic acids is 1. The van der Waals surface area contributed by atoms with Crippen molar-refractivity contribution < 1.29 is 9.53 Å². The molecule has 6 heteroatoms. The van der Waals surface area contributed by atoms with Gasteiger partial charge in [0.1, 0.15) is 12.4 Å². The van der Waals surface area contributed by atoms with Crippen LogP contribution in [0.15, 0.2) is 18.2 Å². The van der Waals surface area contributed by atoms with Crippen LogP contribution in [0.25, 0.3) is 0 Å². The number of ether oxygens (including phenoxy) is 1. The summed E-state index contributed by atoms with van der Waals surface area (Å²) >= 11 is 6.09. The number of nitrogens with zero attached hydrogens (tertiary/aromatic N) is 2. The standard InChI is InChI=1S/C17H24ClN3O2/c1-12-4-5-21(14(8-12)10-19)17(22)11-20-6-7-23-16-3-2-13(18)9-15(16)20/h2-3,9,12,14H,4-8,10-11,19H2,1H3. The lowest BCUT2D eigenvalue weighted by Gasteiger charge is -2.40. The van der Waals surface area contributed by atoms with Gasteiger partial charge in [-0.1, -0.05) is 18.5 Å². The monoisotopic (exact) mass is 337 g/mol. The van der Waals surface area contributed by atoms with E-state index in [-0.39, 0.29) is 11.9 Å². The molecule has 1 aromatic rings. The van der Waals surface area contributed by atoms with Crippen LogP contribution in [0.3, 0.4) is 0 Å². The average molecular weight is 338 g/mol. The lowest BCUT2D eigenvalue weighted by Crippen LogP contribution is -2.52. The zero-order valence-electron chi connectivity index (χ0n) is 13.5. The average Bonchev–Trinajstić information content (AvgIpc) is 2.55. The topological polar surface area (TPSA) is 58.8 Å². The third kappa shape index (κ3) is 3.56. The lowest BCUT2D eigenvalue weighted by atomic mass is 9.92. The van der Waals surface area contributed by atoms with Crippen molar-refractivity contribution >= 4 is 23.2 Å². The number of fused-ring (bicyclic) bond motifs is 1. The molecule has 0 saturated carbocycles. The fourth-order valence-electron chi connectivity index (χ4n) is 3.47. The minimum Gasteiger partial charge on any atom is -0.490 e. The molecule has 2 N–H and O–H groups in total. The maximum absolute atomic E-state index is 12.8. The Kier molecular flexibility index (Phi) is 4.97. The number of carbonyl (C=O) groups is 1. The first-order chi connectivity index (χ1) is 11.1. The molecule has 2 aliphatic heterocycles. The molecule has 0 spiro atoms. The molecule has 0 radical (unpaired) electrons. The molecule has 2 aliphatic rings. The Balaban J connectivity index is 1.72. The van der Waals surface area contributed by atoms with Crippen molar-refractivity contribution in [3.05, 3.63) is 23.2 Å². The van der Waals surface area contributed by atoms with Gasteiger partial charge in [0.2, 0.25) is 5.91 Å². The first kappa shape index (κ1) is 16.4. The molecule has 1 amide bonds. The predicted octanol–water partition coefficient (Wildman–Crippen LogP) is 2.12. The molecular weight excluding hydrogens is 314 g/mol. The summed E-state index contributed by atoms with van der Waals surface area (Å²) in [4.78, 5) is 16.8. The Morgan fingerprint density at radius 2 is 2.26 bits per heavy atom. The van der Waals surface area contributed by atoms with Gasteiger partial charge in [-0.15, -0.1) is 0 Å². The lowest BCUT2D eigenvalue weighted by molar-refractivity contribution is -0.133. The predicted molar refractivity (Wildman–Crippen MR) is 92.1 cm³/mol. The summed E-state index contributed by atoms with van der Waals surface area (Å²) in [7, 11) is 0. The van der Waals surface area contributed by atoms with E-state index in [1.165, 1.54) is 0 Å². The highest BCUT2D eigenvalue weighted by Crippen LogP contribution is 2.34. The molecule has 0 aromatic heterocycles. The zero-order valence-corrected chi connectivity index (χ0v) is 14.3. The van der Waals surface area contributed by atoms with Gasteiger partial charge in [0.15, 0.2) is 0 Å². The molecule has 0 bridgehead atoms. The summed E-state index contributed by atoms with van der Waals surface area (Å²) < 4.78 is 5.65. The summed E-state index contributed by atoms with van der Waals surface area (Å²) in [6.45, 7) is 5.18. The van der Waals surface area contributed by atoms with Crippen molar-refractivity contribution in [3.63, 3.8) is 0 Å².